The molecule has 0 aliphatic heterocycles. The van der Waals surface area contributed by atoms with E-state index in [0.29, 0.717) is 0 Å². The molecule has 5 nitrogen and oxygen atoms in total. The molecule has 0 amide bonds. The van der Waals surface area contributed by atoms with Gasteiger partial charge in [-0.15, -0.1) is 0 Å². The number of aromatic carboxylic acids is 2. The molecule has 2 N–H and O–H groups in total. The second-order valence-corrected chi connectivity index (χ2v) is 4.96. The summed E-state index contributed by atoms with van der Waals surface area (Å²) in [6, 6.07) is 2.27. The molecule has 0 spiro atoms. The van der Waals surface area contributed by atoms with Crippen molar-refractivity contribution in [2.75, 3.05) is 0 Å². The van der Waals surface area contributed by atoms with Gasteiger partial charge in [-0.3, -0.25) is 3.07 Å². The number of hydrogen-bond donors (Lipinski definition) is 2. The Bertz CT molecular complexity index is 457. The summed E-state index contributed by atoms with van der Waals surface area (Å²) in [5, 5.41) is 17.5. The molecule has 0 radical (unpaired) electrons. The molecule has 1 aromatic rings. The van der Waals surface area contributed by atoms with E-state index >= 15 is 0 Å². The quantitative estimate of drug-likeness (QED) is 0.778. The fraction of sp³-hybridized carbons (Fsp3) is 0. The van der Waals surface area contributed by atoms with E-state index in [2.05, 4.69) is 15.9 Å². The number of carboxylic acids is 2. The molecule has 0 atom stereocenters. The van der Waals surface area contributed by atoms with Gasteiger partial charge in [-0.25, -0.2) is 9.59 Å². The maximum absolute atomic E-state index is 10.8. The van der Waals surface area contributed by atoms with Crippen LogP contribution in [0.25, 0.3) is 0 Å². The van der Waals surface area contributed by atoms with Crippen LogP contribution >= 0.6 is 37.1 Å². The molecule has 0 saturated carbocycles. The summed E-state index contributed by atoms with van der Waals surface area (Å²) in [5.74, 6) is -2.42. The molecule has 0 unspecified atom stereocenters. The third-order valence-electron chi connectivity index (χ3n) is 1.60. The van der Waals surface area contributed by atoms with E-state index in [9.17, 15) is 12.7 Å². The average Bonchev–Trinajstić information content (AvgIpc) is 2.16. The van der Waals surface area contributed by atoms with Crippen molar-refractivity contribution in [3.05, 3.63) is 31.3 Å². The molecule has 0 saturated heterocycles. The van der Waals surface area contributed by atoms with E-state index in [1.807, 2.05) is 0 Å². The zero-order chi connectivity index (χ0) is 11.6. The summed E-state index contributed by atoms with van der Waals surface area (Å²) >= 11 is 1.23. The van der Waals surface area contributed by atoms with Crippen molar-refractivity contribution in [3.63, 3.8) is 0 Å². The minimum absolute atomic E-state index is 0.0712. The van der Waals surface area contributed by atoms with Crippen molar-refractivity contribution >= 4 is 49.1 Å². The molecule has 0 aliphatic rings. The molecule has 0 heterocycles. The van der Waals surface area contributed by atoms with Gasteiger partial charge >= 0.3 is 11.9 Å². The van der Waals surface area contributed by atoms with E-state index < -0.39 is 33.1 Å². The van der Waals surface area contributed by atoms with Crippen molar-refractivity contribution in [1.82, 2.24) is 0 Å². The van der Waals surface area contributed by atoms with Gasteiger partial charge in [0.15, 0.2) is 21.2 Å². The first-order valence-corrected chi connectivity index (χ1v) is 6.29. The molecule has 0 aromatic heterocycles. The highest BCUT2D eigenvalue weighted by Crippen LogP contribution is 2.25. The predicted molar refractivity (Wildman–Crippen MR) is 61.5 cm³/mol. The lowest BCUT2D eigenvalue weighted by Gasteiger charge is -2.03. The van der Waals surface area contributed by atoms with Gasteiger partial charge in [0, 0.05) is 4.47 Å². The van der Waals surface area contributed by atoms with Gasteiger partial charge in [-0.2, -0.15) is 0 Å². The number of hydrogen-bond acceptors (Lipinski definition) is 3. The molecular weight excluding hydrogens is 383 g/mol. The molecule has 0 fully saturated rings. The number of halogens is 2. The third kappa shape index (κ3) is 2.59. The van der Waals surface area contributed by atoms with Crippen LogP contribution in [0.3, 0.4) is 0 Å². The van der Waals surface area contributed by atoms with Crippen molar-refractivity contribution < 1.29 is 22.9 Å². The lowest BCUT2D eigenvalue weighted by atomic mass is 10.1. The van der Waals surface area contributed by atoms with Gasteiger partial charge in [0.1, 0.15) is 0 Å². The second kappa shape index (κ2) is 4.79. The first-order chi connectivity index (χ1) is 6.97. The van der Waals surface area contributed by atoms with Gasteiger partial charge in [0.25, 0.3) is 0 Å². The maximum Gasteiger partial charge on any atom is 0.336 e. The average molecular weight is 387 g/mol. The van der Waals surface area contributed by atoms with Crippen LogP contribution in [0.2, 0.25) is 0 Å². The van der Waals surface area contributed by atoms with Gasteiger partial charge in [0.05, 0.1) is 14.7 Å². The number of benzene rings is 1. The largest absolute Gasteiger partial charge is 0.478 e. The highest BCUT2D eigenvalue weighted by atomic mass is 127. The minimum Gasteiger partial charge on any atom is -0.478 e. The van der Waals surface area contributed by atoms with Crippen LogP contribution in [0, 0.1) is 3.57 Å². The number of rotatable bonds is 3. The van der Waals surface area contributed by atoms with Gasteiger partial charge in [-0.05, 0) is 28.1 Å². The van der Waals surface area contributed by atoms with Crippen LogP contribution < -0.4 is 0 Å². The van der Waals surface area contributed by atoms with Crippen LogP contribution in [0.5, 0.6) is 0 Å². The Kier molecular flexibility index (Phi) is 3.91. The fourth-order valence-corrected chi connectivity index (χ4v) is 2.51. The zero-order valence-corrected chi connectivity index (χ0v) is 10.8. The molecule has 0 bridgehead atoms. The van der Waals surface area contributed by atoms with E-state index in [4.69, 9.17) is 10.2 Å². The lowest BCUT2D eigenvalue weighted by Crippen LogP contribution is -2.05. The minimum atomic E-state index is -1.72. The van der Waals surface area contributed by atoms with Gasteiger partial charge < -0.3 is 10.2 Å². The van der Waals surface area contributed by atoms with Gasteiger partial charge in [-0.1, -0.05) is 0 Å². The highest BCUT2D eigenvalue weighted by Gasteiger charge is 2.17. The van der Waals surface area contributed by atoms with E-state index in [-0.39, 0.29) is 19.2 Å². The van der Waals surface area contributed by atoms with Crippen LogP contribution in [-0.2, 0) is 3.07 Å². The maximum atomic E-state index is 10.8. The topological polar surface area (TPSA) is 91.7 Å². The Morgan fingerprint density at radius 3 is 2.07 bits per heavy atom. The second-order valence-electron chi connectivity index (χ2n) is 2.50. The van der Waals surface area contributed by atoms with Crippen LogP contribution in [-0.4, -0.2) is 22.2 Å². The summed E-state index contributed by atoms with van der Waals surface area (Å²) in [4.78, 5) is 21.4. The first-order valence-electron chi connectivity index (χ1n) is 3.54. The Balaban J connectivity index is 3.48. The summed E-state index contributed by atoms with van der Waals surface area (Å²) in [7, 11) is 0. The monoisotopic (exact) mass is 386 g/mol. The normalized spacial score (nSPS) is 9.93. The van der Waals surface area contributed by atoms with Crippen molar-refractivity contribution in [3.8, 4) is 0 Å². The van der Waals surface area contributed by atoms with Crippen molar-refractivity contribution in [1.29, 1.82) is 0 Å². The number of carboxylic acid groups (broad SMARTS) is 2. The lowest BCUT2D eigenvalue weighted by molar-refractivity contribution is 0.0679. The summed E-state index contributed by atoms with van der Waals surface area (Å²) in [5.41, 5.74) is -0.222. The van der Waals surface area contributed by atoms with E-state index in [1.165, 1.54) is 0 Å². The molecule has 0 aliphatic carbocycles. The third-order valence-corrected chi connectivity index (χ3v) is 3.62. The van der Waals surface area contributed by atoms with Gasteiger partial charge in [0.2, 0.25) is 0 Å². The predicted octanol–water partition coefficient (Wildman–Crippen LogP) is 2.33. The summed E-state index contributed by atoms with van der Waals surface area (Å²) in [6.07, 6.45) is 0. The summed E-state index contributed by atoms with van der Waals surface area (Å²) in [6.45, 7) is 0. The van der Waals surface area contributed by atoms with E-state index in [1.54, 1.807) is 0 Å². The molecule has 7 heteroatoms. The SMILES string of the molecule is O=Ic1cc(C(=O)O)c(Br)cc1C(=O)O. The summed E-state index contributed by atoms with van der Waals surface area (Å²) < 4.78 is 11.0. The smallest absolute Gasteiger partial charge is 0.336 e. The molecular formula is C8H4BrIO5. The fourth-order valence-electron chi connectivity index (χ4n) is 0.938. The Labute approximate surface area is 103 Å². The van der Waals surface area contributed by atoms with Crippen molar-refractivity contribution in [2.45, 2.75) is 0 Å². The molecule has 1 rings (SSSR count). The van der Waals surface area contributed by atoms with E-state index in [0.717, 1.165) is 12.1 Å². The van der Waals surface area contributed by atoms with Crippen LogP contribution in [0.4, 0.5) is 0 Å². The highest BCUT2D eigenvalue weighted by molar-refractivity contribution is 14.1. The number of carbonyl (C=O) groups is 2. The Morgan fingerprint density at radius 1 is 1.13 bits per heavy atom. The van der Waals surface area contributed by atoms with Crippen LogP contribution in [0.1, 0.15) is 20.7 Å². The molecule has 1 aromatic carbocycles. The van der Waals surface area contributed by atoms with Crippen molar-refractivity contribution in [2.24, 2.45) is 0 Å². The first kappa shape index (κ1) is 12.2. The molecule has 15 heavy (non-hydrogen) atoms. The zero-order valence-electron chi connectivity index (χ0n) is 7.03. The van der Waals surface area contributed by atoms with Crippen LogP contribution in [0.15, 0.2) is 16.6 Å². The Morgan fingerprint density at radius 2 is 1.67 bits per heavy atom. The standard InChI is InChI=1S/C8H4BrIO5/c9-5-1-4(8(13)14)6(10-15)2-3(5)7(11)12/h1-2H,(H,11,12)(H,13,14). The Hall–Kier alpha value is -0.830. The molecule has 80 valence electrons.